The number of hydrogen-bond acceptors (Lipinski definition) is 3. The van der Waals surface area contributed by atoms with Crippen molar-refractivity contribution in [3.05, 3.63) is 54.6 Å². The first-order valence-electron chi connectivity index (χ1n) is 7.46. The van der Waals surface area contributed by atoms with E-state index in [2.05, 4.69) is 15.0 Å². The lowest BCUT2D eigenvalue weighted by molar-refractivity contribution is -0.274. The van der Waals surface area contributed by atoms with E-state index in [0.29, 0.717) is 12.2 Å². The quantitative estimate of drug-likeness (QED) is 0.613. The Morgan fingerprint density at radius 1 is 1.08 bits per heavy atom. The minimum absolute atomic E-state index is 0.132. The molecule has 0 amide bonds. The SMILES string of the molecule is CC(CN=C(N)Nc1ccc(OC(F)(F)F)cc1)Oc1ccccc1. The van der Waals surface area contributed by atoms with Crippen LogP contribution < -0.4 is 20.5 Å². The highest BCUT2D eigenvalue weighted by atomic mass is 19.4. The molecule has 0 radical (unpaired) electrons. The summed E-state index contributed by atoms with van der Waals surface area (Å²) in [6, 6.07) is 14.5. The molecule has 0 fully saturated rings. The molecule has 2 rings (SSSR count). The Morgan fingerprint density at radius 3 is 2.32 bits per heavy atom. The third-order valence-electron chi connectivity index (χ3n) is 2.96. The van der Waals surface area contributed by atoms with E-state index in [9.17, 15) is 13.2 Å². The predicted molar refractivity (Wildman–Crippen MR) is 89.8 cm³/mol. The van der Waals surface area contributed by atoms with Gasteiger partial charge in [0, 0.05) is 5.69 Å². The number of guanidine groups is 1. The number of nitrogens with two attached hydrogens (primary N) is 1. The van der Waals surface area contributed by atoms with E-state index in [1.807, 2.05) is 37.3 Å². The molecule has 0 aromatic heterocycles. The monoisotopic (exact) mass is 353 g/mol. The van der Waals surface area contributed by atoms with Gasteiger partial charge in [-0.25, -0.2) is 4.99 Å². The van der Waals surface area contributed by atoms with Gasteiger partial charge in [-0.3, -0.25) is 0 Å². The zero-order valence-corrected chi connectivity index (χ0v) is 13.5. The van der Waals surface area contributed by atoms with E-state index in [-0.39, 0.29) is 17.8 Å². The van der Waals surface area contributed by atoms with Gasteiger partial charge in [0.15, 0.2) is 5.96 Å². The molecule has 134 valence electrons. The Kier molecular flexibility index (Phi) is 6.10. The Balaban J connectivity index is 1.84. The lowest BCUT2D eigenvalue weighted by atomic mass is 10.3. The van der Waals surface area contributed by atoms with Crippen LogP contribution in [0.1, 0.15) is 6.92 Å². The largest absolute Gasteiger partial charge is 0.573 e. The van der Waals surface area contributed by atoms with Gasteiger partial charge in [0.1, 0.15) is 17.6 Å². The molecule has 5 nitrogen and oxygen atoms in total. The van der Waals surface area contributed by atoms with Crippen LogP contribution in [0.3, 0.4) is 0 Å². The zero-order chi connectivity index (χ0) is 18.3. The van der Waals surface area contributed by atoms with Gasteiger partial charge >= 0.3 is 6.36 Å². The molecule has 3 N–H and O–H groups in total. The molecule has 8 heteroatoms. The maximum absolute atomic E-state index is 12.1. The maximum Gasteiger partial charge on any atom is 0.573 e. The van der Waals surface area contributed by atoms with Crippen LogP contribution in [0, 0.1) is 0 Å². The third-order valence-corrected chi connectivity index (χ3v) is 2.96. The highest BCUT2D eigenvalue weighted by Crippen LogP contribution is 2.23. The van der Waals surface area contributed by atoms with Crippen molar-refractivity contribution in [3.8, 4) is 11.5 Å². The van der Waals surface area contributed by atoms with Crippen LogP contribution in [-0.4, -0.2) is 25.0 Å². The fourth-order valence-corrected chi connectivity index (χ4v) is 1.92. The Morgan fingerprint density at radius 2 is 1.72 bits per heavy atom. The normalized spacial score (nSPS) is 13.2. The average molecular weight is 353 g/mol. The first-order valence-corrected chi connectivity index (χ1v) is 7.46. The summed E-state index contributed by atoms with van der Waals surface area (Å²) in [6.07, 6.45) is -4.91. The summed E-state index contributed by atoms with van der Waals surface area (Å²) in [7, 11) is 0. The molecule has 0 aliphatic carbocycles. The molecule has 2 aromatic rings. The number of para-hydroxylation sites is 1. The standard InChI is InChI=1S/C17H18F3N3O2/c1-12(24-14-5-3-2-4-6-14)11-22-16(21)23-13-7-9-15(10-8-13)25-17(18,19)20/h2-10,12H,11H2,1H3,(H3,21,22,23). The Labute approximate surface area is 143 Å². The van der Waals surface area contributed by atoms with Crippen molar-refractivity contribution in [2.75, 3.05) is 11.9 Å². The first-order chi connectivity index (χ1) is 11.8. The fraction of sp³-hybridized carbons (Fsp3) is 0.235. The minimum atomic E-state index is -4.72. The van der Waals surface area contributed by atoms with E-state index in [0.717, 1.165) is 5.75 Å². The number of nitrogens with zero attached hydrogens (tertiary/aromatic N) is 1. The van der Waals surface area contributed by atoms with Crippen molar-refractivity contribution in [2.24, 2.45) is 10.7 Å². The van der Waals surface area contributed by atoms with Gasteiger partial charge in [0.25, 0.3) is 0 Å². The van der Waals surface area contributed by atoms with Gasteiger partial charge in [0.05, 0.1) is 6.54 Å². The summed E-state index contributed by atoms with van der Waals surface area (Å²) in [5.41, 5.74) is 6.25. The molecule has 1 unspecified atom stereocenters. The van der Waals surface area contributed by atoms with Gasteiger partial charge in [-0.2, -0.15) is 0 Å². The lowest BCUT2D eigenvalue weighted by Crippen LogP contribution is -2.25. The van der Waals surface area contributed by atoms with Crippen LogP contribution in [0.4, 0.5) is 18.9 Å². The molecule has 25 heavy (non-hydrogen) atoms. The second kappa shape index (κ2) is 8.27. The van der Waals surface area contributed by atoms with Gasteiger partial charge in [-0.15, -0.1) is 13.2 Å². The second-order valence-electron chi connectivity index (χ2n) is 5.16. The van der Waals surface area contributed by atoms with Crippen LogP contribution in [0.2, 0.25) is 0 Å². The van der Waals surface area contributed by atoms with E-state index in [1.165, 1.54) is 24.3 Å². The molecule has 0 bridgehead atoms. The predicted octanol–water partition coefficient (Wildman–Crippen LogP) is 3.78. The summed E-state index contributed by atoms with van der Waals surface area (Å²) in [5, 5.41) is 2.79. The van der Waals surface area contributed by atoms with Crippen LogP contribution >= 0.6 is 0 Å². The molecule has 0 heterocycles. The van der Waals surface area contributed by atoms with Crippen molar-refractivity contribution in [1.82, 2.24) is 0 Å². The van der Waals surface area contributed by atoms with E-state index < -0.39 is 6.36 Å². The van der Waals surface area contributed by atoms with Crippen molar-refractivity contribution in [2.45, 2.75) is 19.4 Å². The molecule has 0 saturated heterocycles. The summed E-state index contributed by atoms with van der Waals surface area (Å²) in [5.74, 6) is 0.559. The smallest absolute Gasteiger partial charge is 0.489 e. The maximum atomic E-state index is 12.1. The van der Waals surface area contributed by atoms with E-state index in [1.54, 1.807) is 0 Å². The van der Waals surface area contributed by atoms with Crippen LogP contribution in [0.5, 0.6) is 11.5 Å². The summed E-state index contributed by atoms with van der Waals surface area (Å²) in [6.45, 7) is 2.18. The topological polar surface area (TPSA) is 68.9 Å². The van der Waals surface area contributed by atoms with Crippen molar-refractivity contribution in [3.63, 3.8) is 0 Å². The fourth-order valence-electron chi connectivity index (χ4n) is 1.92. The molecular formula is C17H18F3N3O2. The number of halogens is 3. The molecular weight excluding hydrogens is 335 g/mol. The third kappa shape index (κ3) is 7.03. The summed E-state index contributed by atoms with van der Waals surface area (Å²) < 4.78 is 45.7. The second-order valence-corrected chi connectivity index (χ2v) is 5.16. The van der Waals surface area contributed by atoms with Gasteiger partial charge < -0.3 is 20.5 Å². The van der Waals surface area contributed by atoms with Crippen molar-refractivity contribution in [1.29, 1.82) is 0 Å². The van der Waals surface area contributed by atoms with Crippen LogP contribution in [-0.2, 0) is 0 Å². The molecule has 2 aromatic carbocycles. The molecule has 0 spiro atoms. The van der Waals surface area contributed by atoms with E-state index in [4.69, 9.17) is 10.5 Å². The van der Waals surface area contributed by atoms with Crippen molar-refractivity contribution < 1.29 is 22.6 Å². The number of alkyl halides is 3. The minimum Gasteiger partial charge on any atom is -0.489 e. The Bertz CT molecular complexity index is 689. The molecule has 1 atom stereocenters. The van der Waals surface area contributed by atoms with Gasteiger partial charge in [-0.05, 0) is 43.3 Å². The summed E-state index contributed by atoms with van der Waals surface area (Å²) in [4.78, 5) is 4.14. The van der Waals surface area contributed by atoms with Gasteiger partial charge in [0.2, 0.25) is 0 Å². The zero-order valence-electron chi connectivity index (χ0n) is 13.5. The number of hydrogen-bond donors (Lipinski definition) is 2. The number of nitrogens with one attached hydrogen (secondary N) is 1. The number of anilines is 1. The van der Waals surface area contributed by atoms with Crippen molar-refractivity contribution >= 4 is 11.6 Å². The van der Waals surface area contributed by atoms with Crippen LogP contribution in [0.25, 0.3) is 0 Å². The summed E-state index contributed by atoms with van der Waals surface area (Å²) >= 11 is 0. The number of aliphatic imine (C=N–C) groups is 1. The average Bonchev–Trinajstić information content (AvgIpc) is 2.54. The number of rotatable bonds is 6. The highest BCUT2D eigenvalue weighted by molar-refractivity contribution is 5.92. The lowest BCUT2D eigenvalue weighted by Gasteiger charge is -2.13. The first kappa shape index (κ1) is 18.4. The molecule has 0 aliphatic heterocycles. The van der Waals surface area contributed by atoms with Gasteiger partial charge in [-0.1, -0.05) is 18.2 Å². The number of ether oxygens (including phenoxy) is 2. The van der Waals surface area contributed by atoms with Crippen LogP contribution in [0.15, 0.2) is 59.6 Å². The Hall–Kier alpha value is -2.90. The van der Waals surface area contributed by atoms with E-state index >= 15 is 0 Å². The molecule has 0 saturated carbocycles. The number of benzene rings is 2. The molecule has 0 aliphatic rings. The highest BCUT2D eigenvalue weighted by Gasteiger charge is 2.30.